The van der Waals surface area contributed by atoms with Crippen molar-refractivity contribution >= 4 is 0 Å². The third-order valence-electron chi connectivity index (χ3n) is 5.04. The third kappa shape index (κ3) is 3.57. The molecular formula is C22H25N3O. The molecule has 1 saturated heterocycles. The number of ether oxygens (including phenoxy) is 1. The molecule has 0 bridgehead atoms. The van der Waals surface area contributed by atoms with Crippen LogP contribution in [0.25, 0.3) is 5.82 Å². The number of morpholine rings is 1. The van der Waals surface area contributed by atoms with Crippen LogP contribution in [-0.2, 0) is 11.3 Å². The van der Waals surface area contributed by atoms with Gasteiger partial charge >= 0.3 is 0 Å². The van der Waals surface area contributed by atoms with Gasteiger partial charge in [-0.05, 0) is 37.6 Å². The van der Waals surface area contributed by atoms with Gasteiger partial charge in [-0.2, -0.15) is 0 Å². The number of benzene rings is 1. The molecule has 3 heterocycles. The SMILES string of the molecule is Cc1ccc(C)n1-c1ccc(C2CN(Cc3ccccc3)CCO2)cn1. The second-order valence-corrected chi connectivity index (χ2v) is 6.98. The Balaban J connectivity index is 1.47. The number of aryl methyl sites for hydroxylation is 2. The lowest BCUT2D eigenvalue weighted by Gasteiger charge is -2.33. The van der Waals surface area contributed by atoms with Crippen LogP contribution in [0.15, 0.2) is 60.8 Å². The summed E-state index contributed by atoms with van der Waals surface area (Å²) in [5, 5.41) is 0. The maximum absolute atomic E-state index is 6.02. The van der Waals surface area contributed by atoms with Crippen LogP contribution in [0.2, 0.25) is 0 Å². The highest BCUT2D eigenvalue weighted by Gasteiger charge is 2.22. The summed E-state index contributed by atoms with van der Waals surface area (Å²) < 4.78 is 8.20. The van der Waals surface area contributed by atoms with Crippen LogP contribution in [0, 0.1) is 13.8 Å². The molecule has 0 saturated carbocycles. The number of nitrogens with zero attached hydrogens (tertiary/aromatic N) is 3. The van der Waals surface area contributed by atoms with Gasteiger partial charge in [-0.3, -0.25) is 4.90 Å². The number of rotatable bonds is 4. The first kappa shape index (κ1) is 17.0. The molecule has 1 aromatic carbocycles. The molecule has 4 rings (SSSR count). The number of hydrogen-bond donors (Lipinski definition) is 0. The van der Waals surface area contributed by atoms with Gasteiger partial charge in [-0.15, -0.1) is 0 Å². The lowest BCUT2D eigenvalue weighted by Crippen LogP contribution is -2.37. The van der Waals surface area contributed by atoms with Gasteiger partial charge in [0, 0.05) is 42.8 Å². The minimum absolute atomic E-state index is 0.0841. The van der Waals surface area contributed by atoms with E-state index in [2.05, 4.69) is 77.9 Å². The minimum atomic E-state index is 0.0841. The van der Waals surface area contributed by atoms with E-state index in [9.17, 15) is 0 Å². The van der Waals surface area contributed by atoms with Crippen molar-refractivity contribution in [1.82, 2.24) is 14.5 Å². The molecule has 1 fully saturated rings. The van der Waals surface area contributed by atoms with E-state index < -0.39 is 0 Å². The van der Waals surface area contributed by atoms with Gasteiger partial charge in [0.15, 0.2) is 0 Å². The first-order valence-electron chi connectivity index (χ1n) is 9.20. The normalized spacial score (nSPS) is 18.2. The standard InChI is InChI=1S/C22H25N3O/c1-17-8-9-18(2)25(17)22-11-10-20(14-23-22)21-16-24(12-13-26-21)15-19-6-4-3-5-7-19/h3-11,14,21H,12-13,15-16H2,1-2H3. The second kappa shape index (κ2) is 7.44. The Kier molecular flexibility index (Phi) is 4.87. The zero-order chi connectivity index (χ0) is 17.9. The van der Waals surface area contributed by atoms with E-state index in [4.69, 9.17) is 9.72 Å². The first-order chi connectivity index (χ1) is 12.7. The molecule has 134 valence electrons. The van der Waals surface area contributed by atoms with Crippen LogP contribution in [-0.4, -0.2) is 34.1 Å². The van der Waals surface area contributed by atoms with E-state index in [0.717, 1.165) is 37.6 Å². The fourth-order valence-electron chi connectivity index (χ4n) is 3.64. The van der Waals surface area contributed by atoms with E-state index in [1.165, 1.54) is 17.0 Å². The Morgan fingerprint density at radius 1 is 1.00 bits per heavy atom. The summed E-state index contributed by atoms with van der Waals surface area (Å²) >= 11 is 0. The zero-order valence-corrected chi connectivity index (χ0v) is 15.4. The van der Waals surface area contributed by atoms with Crippen molar-refractivity contribution in [2.24, 2.45) is 0 Å². The molecule has 0 aliphatic carbocycles. The van der Waals surface area contributed by atoms with Crippen molar-refractivity contribution in [3.8, 4) is 5.82 Å². The Hall–Kier alpha value is -2.43. The highest BCUT2D eigenvalue weighted by Crippen LogP contribution is 2.24. The van der Waals surface area contributed by atoms with Gasteiger partial charge in [0.2, 0.25) is 0 Å². The van der Waals surface area contributed by atoms with Crippen molar-refractivity contribution in [2.75, 3.05) is 19.7 Å². The number of hydrogen-bond acceptors (Lipinski definition) is 3. The fourth-order valence-corrected chi connectivity index (χ4v) is 3.64. The summed E-state index contributed by atoms with van der Waals surface area (Å²) in [6.07, 6.45) is 2.05. The summed E-state index contributed by atoms with van der Waals surface area (Å²) in [4.78, 5) is 7.15. The zero-order valence-electron chi connectivity index (χ0n) is 15.4. The average molecular weight is 347 g/mol. The molecule has 1 unspecified atom stereocenters. The highest BCUT2D eigenvalue weighted by molar-refractivity contribution is 5.33. The molecule has 0 N–H and O–H groups in total. The number of aromatic nitrogens is 2. The van der Waals surface area contributed by atoms with Crippen molar-refractivity contribution in [2.45, 2.75) is 26.5 Å². The maximum atomic E-state index is 6.02. The van der Waals surface area contributed by atoms with Gasteiger partial charge < -0.3 is 9.30 Å². The second-order valence-electron chi connectivity index (χ2n) is 6.98. The molecule has 0 radical (unpaired) electrons. The topological polar surface area (TPSA) is 30.3 Å². The van der Waals surface area contributed by atoms with Crippen LogP contribution in [0.4, 0.5) is 0 Å². The predicted octanol–water partition coefficient (Wildman–Crippen LogP) is 4.06. The highest BCUT2D eigenvalue weighted by atomic mass is 16.5. The monoisotopic (exact) mass is 347 g/mol. The molecule has 0 spiro atoms. The molecule has 2 aromatic heterocycles. The van der Waals surface area contributed by atoms with Crippen LogP contribution in [0.1, 0.15) is 28.6 Å². The van der Waals surface area contributed by atoms with Gasteiger partial charge in [0.05, 0.1) is 12.7 Å². The van der Waals surface area contributed by atoms with Crippen LogP contribution in [0.5, 0.6) is 0 Å². The smallest absolute Gasteiger partial charge is 0.136 e. The number of pyridine rings is 1. The lowest BCUT2D eigenvalue weighted by atomic mass is 10.1. The Bertz CT molecular complexity index is 835. The van der Waals surface area contributed by atoms with Crippen molar-refractivity contribution in [3.05, 3.63) is 83.3 Å². The lowest BCUT2D eigenvalue weighted by molar-refractivity contribution is -0.0330. The Labute approximate surface area is 155 Å². The molecule has 26 heavy (non-hydrogen) atoms. The van der Waals surface area contributed by atoms with Gasteiger partial charge in [-0.1, -0.05) is 36.4 Å². The van der Waals surface area contributed by atoms with Crippen LogP contribution >= 0.6 is 0 Å². The minimum Gasteiger partial charge on any atom is -0.371 e. The molecule has 4 nitrogen and oxygen atoms in total. The van der Waals surface area contributed by atoms with E-state index in [1.54, 1.807) is 0 Å². The molecule has 4 heteroatoms. The van der Waals surface area contributed by atoms with E-state index in [1.807, 2.05) is 6.20 Å². The van der Waals surface area contributed by atoms with Crippen molar-refractivity contribution < 1.29 is 4.74 Å². The maximum Gasteiger partial charge on any atom is 0.136 e. The van der Waals surface area contributed by atoms with Crippen molar-refractivity contribution in [3.63, 3.8) is 0 Å². The summed E-state index contributed by atoms with van der Waals surface area (Å²) in [5.74, 6) is 0.964. The fraction of sp³-hybridized carbons (Fsp3) is 0.318. The largest absolute Gasteiger partial charge is 0.371 e. The summed E-state index contributed by atoms with van der Waals surface area (Å²) in [5.41, 5.74) is 4.89. The van der Waals surface area contributed by atoms with Gasteiger partial charge in [0.1, 0.15) is 5.82 Å². The quantitative estimate of drug-likeness (QED) is 0.713. The predicted molar refractivity (Wildman–Crippen MR) is 103 cm³/mol. The molecule has 1 aliphatic heterocycles. The Morgan fingerprint density at radius 3 is 2.46 bits per heavy atom. The molecular weight excluding hydrogens is 322 g/mol. The third-order valence-corrected chi connectivity index (χ3v) is 5.04. The van der Waals surface area contributed by atoms with Crippen LogP contribution in [0.3, 0.4) is 0 Å². The average Bonchev–Trinajstić information content (AvgIpc) is 3.01. The summed E-state index contributed by atoms with van der Waals surface area (Å²) in [6, 6.07) is 19.1. The molecule has 1 aliphatic rings. The van der Waals surface area contributed by atoms with Gasteiger partial charge in [-0.25, -0.2) is 4.98 Å². The van der Waals surface area contributed by atoms with E-state index in [0.29, 0.717) is 0 Å². The van der Waals surface area contributed by atoms with E-state index >= 15 is 0 Å². The summed E-state index contributed by atoms with van der Waals surface area (Å²) in [7, 11) is 0. The summed E-state index contributed by atoms with van der Waals surface area (Å²) in [6.45, 7) is 7.81. The van der Waals surface area contributed by atoms with Crippen LogP contribution < -0.4 is 0 Å². The Morgan fingerprint density at radius 2 is 1.77 bits per heavy atom. The molecule has 1 atom stereocenters. The molecule has 0 amide bonds. The first-order valence-corrected chi connectivity index (χ1v) is 9.20. The van der Waals surface area contributed by atoms with Crippen molar-refractivity contribution in [1.29, 1.82) is 0 Å². The van der Waals surface area contributed by atoms with Gasteiger partial charge in [0.25, 0.3) is 0 Å². The molecule has 3 aromatic rings. The van der Waals surface area contributed by atoms with E-state index in [-0.39, 0.29) is 6.10 Å².